The SMILES string of the molecule is CCC(C)(C)OCC(O)c1ccc2c(c1)OCCCO2. The lowest BCUT2D eigenvalue weighted by Crippen LogP contribution is -2.25. The molecule has 1 heterocycles. The molecule has 1 aliphatic rings. The van der Waals surface area contributed by atoms with Crippen molar-refractivity contribution in [1.29, 1.82) is 0 Å². The molecule has 4 nitrogen and oxygen atoms in total. The monoisotopic (exact) mass is 280 g/mol. The minimum atomic E-state index is -0.655. The zero-order chi connectivity index (χ0) is 14.6. The minimum Gasteiger partial charge on any atom is -0.490 e. The smallest absolute Gasteiger partial charge is 0.161 e. The molecule has 0 bridgehead atoms. The number of hydrogen-bond donors (Lipinski definition) is 1. The standard InChI is InChI=1S/C16H24O4/c1-4-16(2,3)20-11-13(17)12-6-7-14-15(10-12)19-9-5-8-18-14/h6-7,10,13,17H,4-5,8-9,11H2,1-3H3. The van der Waals surface area contributed by atoms with Crippen LogP contribution in [0.4, 0.5) is 0 Å². The van der Waals surface area contributed by atoms with Crippen LogP contribution in [0.1, 0.15) is 45.3 Å². The summed E-state index contributed by atoms with van der Waals surface area (Å²) >= 11 is 0. The topological polar surface area (TPSA) is 47.9 Å². The Labute approximate surface area is 120 Å². The molecule has 4 heteroatoms. The van der Waals surface area contributed by atoms with Crippen LogP contribution in [0.15, 0.2) is 18.2 Å². The fraction of sp³-hybridized carbons (Fsp3) is 0.625. The molecule has 0 fully saturated rings. The summed E-state index contributed by atoms with van der Waals surface area (Å²) in [6, 6.07) is 5.55. The highest BCUT2D eigenvalue weighted by Gasteiger charge is 2.19. The predicted molar refractivity (Wildman–Crippen MR) is 77.3 cm³/mol. The van der Waals surface area contributed by atoms with E-state index < -0.39 is 6.10 Å². The minimum absolute atomic E-state index is 0.216. The molecule has 1 aromatic rings. The first-order chi connectivity index (χ1) is 9.52. The Kier molecular flexibility index (Phi) is 4.89. The van der Waals surface area contributed by atoms with E-state index in [1.54, 1.807) is 0 Å². The van der Waals surface area contributed by atoms with E-state index in [4.69, 9.17) is 14.2 Å². The van der Waals surface area contributed by atoms with Crippen LogP contribution in [-0.2, 0) is 4.74 Å². The van der Waals surface area contributed by atoms with Crippen LogP contribution in [0, 0.1) is 0 Å². The van der Waals surface area contributed by atoms with Crippen molar-refractivity contribution in [2.45, 2.75) is 45.3 Å². The van der Waals surface area contributed by atoms with Crippen molar-refractivity contribution in [2.24, 2.45) is 0 Å². The fourth-order valence-electron chi connectivity index (χ4n) is 1.89. The molecule has 1 atom stereocenters. The molecule has 2 rings (SSSR count). The number of rotatable bonds is 5. The Hall–Kier alpha value is -1.26. The second kappa shape index (κ2) is 6.46. The summed E-state index contributed by atoms with van der Waals surface area (Å²) in [5.74, 6) is 1.45. The maximum atomic E-state index is 10.2. The molecule has 1 aliphatic heterocycles. The summed E-state index contributed by atoms with van der Waals surface area (Å²) in [5, 5.41) is 10.2. The van der Waals surface area contributed by atoms with Gasteiger partial charge in [-0.05, 0) is 38.0 Å². The van der Waals surface area contributed by atoms with E-state index in [2.05, 4.69) is 6.92 Å². The third-order valence-electron chi connectivity index (χ3n) is 3.64. The highest BCUT2D eigenvalue weighted by molar-refractivity contribution is 5.44. The third kappa shape index (κ3) is 3.87. The van der Waals surface area contributed by atoms with E-state index >= 15 is 0 Å². The molecule has 0 amide bonds. The summed E-state index contributed by atoms with van der Waals surface area (Å²) < 4.78 is 16.9. The van der Waals surface area contributed by atoms with Crippen molar-refractivity contribution in [3.8, 4) is 11.5 Å². The molecule has 0 radical (unpaired) electrons. The zero-order valence-corrected chi connectivity index (χ0v) is 12.5. The van der Waals surface area contributed by atoms with Gasteiger partial charge in [0.1, 0.15) is 6.10 Å². The molecule has 112 valence electrons. The van der Waals surface area contributed by atoms with Gasteiger partial charge in [0.05, 0.1) is 25.4 Å². The molecule has 0 saturated heterocycles. The molecule has 0 saturated carbocycles. The highest BCUT2D eigenvalue weighted by Crippen LogP contribution is 2.32. The Morgan fingerprint density at radius 3 is 2.65 bits per heavy atom. The highest BCUT2D eigenvalue weighted by atomic mass is 16.5. The van der Waals surface area contributed by atoms with E-state index in [0.29, 0.717) is 19.0 Å². The average molecular weight is 280 g/mol. The maximum absolute atomic E-state index is 10.2. The normalized spacial score (nSPS) is 16.6. The van der Waals surface area contributed by atoms with Gasteiger partial charge in [0.2, 0.25) is 0 Å². The molecule has 0 aliphatic carbocycles. The van der Waals surface area contributed by atoms with Gasteiger partial charge in [-0.1, -0.05) is 13.0 Å². The molecule has 0 spiro atoms. The van der Waals surface area contributed by atoms with Crippen LogP contribution in [0.5, 0.6) is 11.5 Å². The van der Waals surface area contributed by atoms with Crippen molar-refractivity contribution in [3.05, 3.63) is 23.8 Å². The zero-order valence-electron chi connectivity index (χ0n) is 12.5. The molecular formula is C16H24O4. The number of ether oxygens (including phenoxy) is 3. The molecular weight excluding hydrogens is 256 g/mol. The molecule has 1 unspecified atom stereocenters. The summed E-state index contributed by atoms with van der Waals surface area (Å²) in [7, 11) is 0. The van der Waals surface area contributed by atoms with Gasteiger partial charge in [0.25, 0.3) is 0 Å². The van der Waals surface area contributed by atoms with Crippen molar-refractivity contribution in [1.82, 2.24) is 0 Å². The van der Waals surface area contributed by atoms with Gasteiger partial charge in [0, 0.05) is 6.42 Å². The van der Waals surface area contributed by atoms with Gasteiger partial charge in [-0.3, -0.25) is 0 Å². The van der Waals surface area contributed by atoms with E-state index in [1.165, 1.54) is 0 Å². The van der Waals surface area contributed by atoms with E-state index in [-0.39, 0.29) is 12.2 Å². The van der Waals surface area contributed by atoms with Crippen LogP contribution in [0.25, 0.3) is 0 Å². The van der Waals surface area contributed by atoms with Crippen LogP contribution < -0.4 is 9.47 Å². The van der Waals surface area contributed by atoms with Crippen LogP contribution in [0.3, 0.4) is 0 Å². The Bertz CT molecular complexity index is 442. The van der Waals surface area contributed by atoms with Gasteiger partial charge in [-0.15, -0.1) is 0 Å². The van der Waals surface area contributed by atoms with Crippen molar-refractivity contribution < 1.29 is 19.3 Å². The number of fused-ring (bicyclic) bond motifs is 1. The van der Waals surface area contributed by atoms with E-state index in [9.17, 15) is 5.11 Å². The number of aliphatic hydroxyl groups is 1. The van der Waals surface area contributed by atoms with Gasteiger partial charge >= 0.3 is 0 Å². The Morgan fingerprint density at radius 2 is 1.95 bits per heavy atom. The second-order valence-electron chi connectivity index (χ2n) is 5.70. The van der Waals surface area contributed by atoms with Crippen LogP contribution in [0.2, 0.25) is 0 Å². The lowest BCUT2D eigenvalue weighted by atomic mass is 10.1. The predicted octanol–water partition coefficient (Wildman–Crippen LogP) is 3.09. The molecule has 1 aromatic carbocycles. The fourth-order valence-corrected chi connectivity index (χ4v) is 1.89. The summed E-state index contributed by atoms with van der Waals surface area (Å²) in [6.07, 6.45) is 1.12. The second-order valence-corrected chi connectivity index (χ2v) is 5.70. The summed E-state index contributed by atoms with van der Waals surface area (Å²) in [4.78, 5) is 0. The number of aliphatic hydroxyl groups excluding tert-OH is 1. The Morgan fingerprint density at radius 1 is 1.25 bits per heavy atom. The van der Waals surface area contributed by atoms with Gasteiger partial charge < -0.3 is 19.3 Å². The summed E-state index contributed by atoms with van der Waals surface area (Å²) in [5.41, 5.74) is 0.577. The first kappa shape index (κ1) is 15.1. The third-order valence-corrected chi connectivity index (χ3v) is 3.64. The van der Waals surface area contributed by atoms with E-state index in [1.807, 2.05) is 32.0 Å². The quantitative estimate of drug-likeness (QED) is 0.900. The Balaban J connectivity index is 2.03. The van der Waals surface area contributed by atoms with E-state index in [0.717, 1.165) is 24.2 Å². The van der Waals surface area contributed by atoms with Crippen molar-refractivity contribution in [2.75, 3.05) is 19.8 Å². The van der Waals surface area contributed by atoms with Crippen LogP contribution >= 0.6 is 0 Å². The summed E-state index contributed by atoms with van der Waals surface area (Å²) in [6.45, 7) is 7.70. The van der Waals surface area contributed by atoms with Crippen LogP contribution in [-0.4, -0.2) is 30.5 Å². The van der Waals surface area contributed by atoms with Crippen molar-refractivity contribution in [3.63, 3.8) is 0 Å². The largest absolute Gasteiger partial charge is 0.490 e. The average Bonchev–Trinajstić information content (AvgIpc) is 2.69. The first-order valence-electron chi connectivity index (χ1n) is 7.23. The van der Waals surface area contributed by atoms with Gasteiger partial charge in [-0.25, -0.2) is 0 Å². The lowest BCUT2D eigenvalue weighted by molar-refractivity contribution is -0.0618. The number of hydrogen-bond acceptors (Lipinski definition) is 4. The molecule has 1 N–H and O–H groups in total. The lowest BCUT2D eigenvalue weighted by Gasteiger charge is -2.25. The van der Waals surface area contributed by atoms with Gasteiger partial charge in [0.15, 0.2) is 11.5 Å². The molecule has 20 heavy (non-hydrogen) atoms. The molecule has 0 aromatic heterocycles. The maximum Gasteiger partial charge on any atom is 0.161 e. The van der Waals surface area contributed by atoms with Gasteiger partial charge in [-0.2, -0.15) is 0 Å². The number of benzene rings is 1. The van der Waals surface area contributed by atoms with Crippen molar-refractivity contribution >= 4 is 0 Å². The first-order valence-corrected chi connectivity index (χ1v) is 7.23.